The lowest BCUT2D eigenvalue weighted by Gasteiger charge is -2.35. The first-order valence-corrected chi connectivity index (χ1v) is 12.7. The van der Waals surface area contributed by atoms with E-state index in [1.807, 2.05) is 37.3 Å². The number of benzene rings is 2. The minimum absolute atomic E-state index is 0.00131. The second-order valence-electron chi connectivity index (χ2n) is 9.33. The molecular formula is C28H27ClN6O4. The van der Waals surface area contributed by atoms with Gasteiger partial charge in [-0.05, 0) is 30.2 Å². The van der Waals surface area contributed by atoms with Crippen molar-refractivity contribution in [2.75, 3.05) is 25.5 Å². The number of likely N-dealkylation sites (tertiary alicyclic amines) is 1. The molecule has 5 rings (SSSR count). The zero-order valence-electron chi connectivity index (χ0n) is 21.7. The Morgan fingerprint density at radius 2 is 1.87 bits per heavy atom. The number of carbonyl (C=O) groups excluding carboxylic acids is 1. The SMILES string of the molecule is COc1nc(-c2cccc(-c3cccc(NC(=O)c4ccnn(C)c4=O)c3C)c2Cl)cnc1CN1CC(O)C1. The normalized spacial score (nSPS) is 13.7. The number of anilines is 1. The van der Waals surface area contributed by atoms with Crippen molar-refractivity contribution in [2.45, 2.75) is 19.6 Å². The van der Waals surface area contributed by atoms with Crippen molar-refractivity contribution in [3.8, 4) is 28.3 Å². The summed E-state index contributed by atoms with van der Waals surface area (Å²) in [5, 5.41) is 16.7. The fourth-order valence-corrected chi connectivity index (χ4v) is 4.88. The predicted octanol–water partition coefficient (Wildman–Crippen LogP) is 3.30. The summed E-state index contributed by atoms with van der Waals surface area (Å²) in [7, 11) is 3.04. The van der Waals surface area contributed by atoms with E-state index in [9.17, 15) is 14.7 Å². The highest BCUT2D eigenvalue weighted by Crippen LogP contribution is 2.39. The summed E-state index contributed by atoms with van der Waals surface area (Å²) in [6.45, 7) is 3.60. The average Bonchev–Trinajstić information content (AvgIpc) is 2.91. The monoisotopic (exact) mass is 546 g/mol. The summed E-state index contributed by atoms with van der Waals surface area (Å²) in [5.74, 6) is -0.119. The van der Waals surface area contributed by atoms with E-state index in [1.54, 1.807) is 19.4 Å². The maximum atomic E-state index is 12.9. The number of methoxy groups -OCH3 is 1. The van der Waals surface area contributed by atoms with E-state index in [-0.39, 0.29) is 11.7 Å². The number of aliphatic hydroxyl groups is 1. The maximum absolute atomic E-state index is 12.9. The molecule has 200 valence electrons. The van der Waals surface area contributed by atoms with Gasteiger partial charge in [0.15, 0.2) is 0 Å². The number of nitrogens with one attached hydrogen (secondary N) is 1. The molecule has 0 bridgehead atoms. The Labute approximate surface area is 229 Å². The van der Waals surface area contributed by atoms with Crippen LogP contribution in [0, 0.1) is 6.92 Å². The van der Waals surface area contributed by atoms with Crippen LogP contribution >= 0.6 is 11.6 Å². The Balaban J connectivity index is 1.45. The van der Waals surface area contributed by atoms with E-state index in [0.29, 0.717) is 53.2 Å². The quantitative estimate of drug-likeness (QED) is 0.362. The number of hydrogen-bond acceptors (Lipinski definition) is 8. The second kappa shape index (κ2) is 10.9. The van der Waals surface area contributed by atoms with Crippen LogP contribution < -0.4 is 15.6 Å². The molecule has 10 nitrogen and oxygen atoms in total. The lowest BCUT2D eigenvalue weighted by atomic mass is 9.96. The van der Waals surface area contributed by atoms with E-state index in [2.05, 4.69) is 25.3 Å². The standard InChI is InChI=1S/C28H27ClN6O4/c1-16-18(6-5-9-22(16)32-26(37)21-10-11-31-34(2)28(21)38)19-7-4-8-20(25(19)29)23-12-30-24(27(33-23)39-3)15-35-13-17(36)14-35/h4-12,17,36H,13-15H2,1-3H3,(H,32,37). The van der Waals surface area contributed by atoms with Crippen molar-refractivity contribution in [3.63, 3.8) is 0 Å². The molecular weight excluding hydrogens is 520 g/mol. The molecule has 0 unspecified atom stereocenters. The van der Waals surface area contributed by atoms with Crippen molar-refractivity contribution < 1.29 is 14.6 Å². The fourth-order valence-electron chi connectivity index (χ4n) is 4.55. The molecule has 1 aliphatic rings. The number of halogens is 1. The third-order valence-corrected chi connectivity index (χ3v) is 7.12. The largest absolute Gasteiger partial charge is 0.480 e. The fraction of sp³-hybridized carbons (Fsp3) is 0.250. The number of carbonyl (C=O) groups is 1. The molecule has 2 aromatic carbocycles. The van der Waals surface area contributed by atoms with Gasteiger partial charge in [0.25, 0.3) is 11.5 Å². The number of rotatable bonds is 7. The Kier molecular flexibility index (Phi) is 7.42. The van der Waals surface area contributed by atoms with Gasteiger partial charge >= 0.3 is 0 Å². The summed E-state index contributed by atoms with van der Waals surface area (Å²) in [6, 6.07) is 12.5. The highest BCUT2D eigenvalue weighted by molar-refractivity contribution is 6.36. The van der Waals surface area contributed by atoms with Gasteiger partial charge in [0.1, 0.15) is 11.3 Å². The van der Waals surface area contributed by atoms with Gasteiger partial charge in [-0.3, -0.25) is 19.5 Å². The first-order valence-electron chi connectivity index (χ1n) is 12.3. The molecule has 3 heterocycles. The van der Waals surface area contributed by atoms with Crippen LogP contribution in [0.4, 0.5) is 5.69 Å². The summed E-state index contributed by atoms with van der Waals surface area (Å²) < 4.78 is 6.62. The maximum Gasteiger partial charge on any atom is 0.279 e. The first kappa shape index (κ1) is 26.5. The van der Waals surface area contributed by atoms with E-state index >= 15 is 0 Å². The smallest absolute Gasteiger partial charge is 0.279 e. The summed E-state index contributed by atoms with van der Waals surface area (Å²) in [5.41, 5.74) is 4.34. The Bertz CT molecular complexity index is 1620. The van der Waals surface area contributed by atoms with Crippen LogP contribution in [-0.4, -0.2) is 62.0 Å². The van der Waals surface area contributed by atoms with Gasteiger partial charge in [0.05, 0.1) is 30.1 Å². The van der Waals surface area contributed by atoms with Crippen LogP contribution in [0.25, 0.3) is 22.4 Å². The zero-order valence-corrected chi connectivity index (χ0v) is 22.4. The number of aliphatic hydroxyl groups excluding tert-OH is 1. The van der Waals surface area contributed by atoms with Crippen LogP contribution in [0.1, 0.15) is 21.6 Å². The molecule has 1 amide bonds. The third-order valence-electron chi connectivity index (χ3n) is 6.71. The van der Waals surface area contributed by atoms with Crippen LogP contribution in [-0.2, 0) is 13.6 Å². The number of β-amino-alcohol motifs (C(OH)–C–C–N with tert-alkyl or cyclic N) is 1. The number of nitrogens with zero attached hydrogens (tertiary/aromatic N) is 5. The van der Waals surface area contributed by atoms with E-state index < -0.39 is 11.5 Å². The molecule has 11 heteroatoms. The van der Waals surface area contributed by atoms with Crippen LogP contribution in [0.3, 0.4) is 0 Å². The molecule has 0 atom stereocenters. The topological polar surface area (TPSA) is 122 Å². The molecule has 1 saturated heterocycles. The van der Waals surface area contributed by atoms with Crippen LogP contribution in [0.5, 0.6) is 5.88 Å². The third kappa shape index (κ3) is 5.26. The molecule has 39 heavy (non-hydrogen) atoms. The Morgan fingerprint density at radius 1 is 1.15 bits per heavy atom. The van der Waals surface area contributed by atoms with Gasteiger partial charge in [0, 0.05) is 49.7 Å². The molecule has 1 aliphatic heterocycles. The lowest BCUT2D eigenvalue weighted by Crippen LogP contribution is -2.50. The Morgan fingerprint density at radius 3 is 2.62 bits per heavy atom. The van der Waals surface area contributed by atoms with Gasteiger partial charge in [0.2, 0.25) is 5.88 Å². The number of aryl methyl sites for hydroxylation is 1. The molecule has 0 spiro atoms. The van der Waals surface area contributed by atoms with Crippen molar-refractivity contribution in [3.05, 3.63) is 87.1 Å². The van der Waals surface area contributed by atoms with E-state index in [0.717, 1.165) is 21.4 Å². The highest BCUT2D eigenvalue weighted by atomic mass is 35.5. The molecule has 0 saturated carbocycles. The molecule has 2 N–H and O–H groups in total. The van der Waals surface area contributed by atoms with Gasteiger partial charge in [-0.25, -0.2) is 9.67 Å². The zero-order chi connectivity index (χ0) is 27.7. The molecule has 0 radical (unpaired) electrons. The summed E-state index contributed by atoms with van der Waals surface area (Å²) >= 11 is 6.93. The number of ether oxygens (including phenoxy) is 1. The molecule has 4 aromatic rings. The molecule has 0 aliphatic carbocycles. The number of hydrogen-bond donors (Lipinski definition) is 2. The minimum Gasteiger partial charge on any atom is -0.480 e. The summed E-state index contributed by atoms with van der Waals surface area (Å²) in [6.07, 6.45) is 2.77. The van der Waals surface area contributed by atoms with Gasteiger partial charge in [-0.15, -0.1) is 0 Å². The van der Waals surface area contributed by atoms with Crippen LogP contribution in [0.2, 0.25) is 5.02 Å². The molecule has 2 aromatic heterocycles. The van der Waals surface area contributed by atoms with E-state index in [4.69, 9.17) is 16.3 Å². The van der Waals surface area contributed by atoms with Gasteiger partial charge in [-0.1, -0.05) is 41.9 Å². The van der Waals surface area contributed by atoms with Crippen molar-refractivity contribution in [2.24, 2.45) is 7.05 Å². The van der Waals surface area contributed by atoms with Gasteiger partial charge < -0.3 is 15.2 Å². The van der Waals surface area contributed by atoms with Crippen molar-refractivity contribution >= 4 is 23.2 Å². The predicted molar refractivity (Wildman–Crippen MR) is 148 cm³/mol. The number of aromatic nitrogens is 4. The number of amides is 1. The van der Waals surface area contributed by atoms with E-state index in [1.165, 1.54) is 19.3 Å². The van der Waals surface area contributed by atoms with Crippen molar-refractivity contribution in [1.29, 1.82) is 0 Å². The average molecular weight is 547 g/mol. The summed E-state index contributed by atoms with van der Waals surface area (Å²) in [4.78, 5) is 36.5. The molecule has 1 fully saturated rings. The first-order chi connectivity index (χ1) is 18.8. The minimum atomic E-state index is -0.520. The Hall–Kier alpha value is -4.12. The highest BCUT2D eigenvalue weighted by Gasteiger charge is 2.26. The van der Waals surface area contributed by atoms with Crippen LogP contribution in [0.15, 0.2) is 59.7 Å². The second-order valence-corrected chi connectivity index (χ2v) is 9.71. The van der Waals surface area contributed by atoms with Crippen molar-refractivity contribution in [1.82, 2.24) is 24.6 Å². The lowest BCUT2D eigenvalue weighted by molar-refractivity contribution is -0.00403. The van der Waals surface area contributed by atoms with Gasteiger partial charge in [-0.2, -0.15) is 5.10 Å².